The van der Waals surface area contributed by atoms with Gasteiger partial charge in [-0.2, -0.15) is 0 Å². The highest BCUT2D eigenvalue weighted by Gasteiger charge is 2.24. The van der Waals surface area contributed by atoms with Crippen LogP contribution < -0.4 is 0 Å². The van der Waals surface area contributed by atoms with Crippen LogP contribution in [0.3, 0.4) is 0 Å². The van der Waals surface area contributed by atoms with Gasteiger partial charge in [0.1, 0.15) is 0 Å². The first kappa shape index (κ1) is 15.7. The van der Waals surface area contributed by atoms with Crippen LogP contribution in [-0.4, -0.2) is 35.0 Å². The summed E-state index contributed by atoms with van der Waals surface area (Å²) in [5.74, 6) is -1.41. The smallest absolute Gasteiger partial charge is 0.308 e. The van der Waals surface area contributed by atoms with E-state index in [1.807, 2.05) is 13.8 Å². The lowest BCUT2D eigenvalue weighted by atomic mass is 10.0. The number of aliphatic carboxylic acids is 1. The molecule has 1 atom stereocenters. The SMILES string of the molecule is C=CCN(CC(C)C(=O)O)C(=O)C(CC)CC. The molecule has 0 aliphatic carbocycles. The number of hydrogen-bond donors (Lipinski definition) is 1. The Bertz CT molecular complexity index is 272. The third-order valence-corrected chi connectivity index (χ3v) is 2.91. The maximum atomic E-state index is 12.1. The first-order chi connectivity index (χ1) is 7.97. The number of carboxylic acids is 1. The Hall–Kier alpha value is -1.32. The highest BCUT2D eigenvalue weighted by atomic mass is 16.4. The Labute approximate surface area is 103 Å². The van der Waals surface area contributed by atoms with Crippen molar-refractivity contribution in [2.75, 3.05) is 13.1 Å². The first-order valence-electron chi connectivity index (χ1n) is 6.10. The Morgan fingerprint density at radius 3 is 2.24 bits per heavy atom. The molecule has 0 saturated heterocycles. The molecular weight excluding hydrogens is 218 g/mol. The molecule has 0 rings (SSSR count). The summed E-state index contributed by atoms with van der Waals surface area (Å²) in [6.45, 7) is 9.81. The van der Waals surface area contributed by atoms with Crippen molar-refractivity contribution < 1.29 is 14.7 Å². The number of hydrogen-bond acceptors (Lipinski definition) is 2. The second-order valence-corrected chi connectivity index (χ2v) is 4.28. The molecule has 4 nitrogen and oxygen atoms in total. The molecule has 0 aliphatic rings. The molecule has 0 bridgehead atoms. The summed E-state index contributed by atoms with van der Waals surface area (Å²) >= 11 is 0. The maximum Gasteiger partial charge on any atom is 0.308 e. The Balaban J connectivity index is 4.65. The van der Waals surface area contributed by atoms with Gasteiger partial charge < -0.3 is 10.0 Å². The largest absolute Gasteiger partial charge is 0.481 e. The van der Waals surface area contributed by atoms with Gasteiger partial charge in [0.15, 0.2) is 0 Å². The average Bonchev–Trinajstić information content (AvgIpc) is 2.29. The number of carbonyl (C=O) groups excluding carboxylic acids is 1. The zero-order valence-electron chi connectivity index (χ0n) is 11.0. The summed E-state index contributed by atoms with van der Waals surface area (Å²) in [6, 6.07) is 0. The molecule has 1 amide bonds. The van der Waals surface area contributed by atoms with Gasteiger partial charge in [0.05, 0.1) is 5.92 Å². The molecule has 0 aliphatic heterocycles. The number of carbonyl (C=O) groups is 2. The number of carboxylic acid groups (broad SMARTS) is 1. The molecule has 0 heterocycles. The molecule has 0 aromatic heterocycles. The van der Waals surface area contributed by atoms with Gasteiger partial charge in [-0.3, -0.25) is 9.59 Å². The zero-order valence-corrected chi connectivity index (χ0v) is 11.0. The monoisotopic (exact) mass is 241 g/mol. The van der Waals surface area contributed by atoms with Gasteiger partial charge in [0.2, 0.25) is 5.91 Å². The third-order valence-electron chi connectivity index (χ3n) is 2.91. The van der Waals surface area contributed by atoms with Crippen LogP contribution >= 0.6 is 0 Å². The molecule has 0 radical (unpaired) electrons. The van der Waals surface area contributed by atoms with Crippen molar-refractivity contribution in [3.05, 3.63) is 12.7 Å². The molecule has 0 saturated carbocycles. The molecule has 98 valence electrons. The molecule has 4 heteroatoms. The van der Waals surface area contributed by atoms with E-state index in [9.17, 15) is 9.59 Å². The van der Waals surface area contributed by atoms with Gasteiger partial charge in [-0.1, -0.05) is 26.8 Å². The molecule has 0 aromatic rings. The second-order valence-electron chi connectivity index (χ2n) is 4.28. The van der Waals surface area contributed by atoms with E-state index in [1.54, 1.807) is 17.9 Å². The predicted molar refractivity (Wildman–Crippen MR) is 67.6 cm³/mol. The van der Waals surface area contributed by atoms with Crippen LogP contribution in [0.15, 0.2) is 12.7 Å². The summed E-state index contributed by atoms with van der Waals surface area (Å²) in [7, 11) is 0. The maximum absolute atomic E-state index is 12.1. The lowest BCUT2D eigenvalue weighted by molar-refractivity contribution is -0.143. The van der Waals surface area contributed by atoms with Crippen LogP contribution in [0.25, 0.3) is 0 Å². The van der Waals surface area contributed by atoms with Gasteiger partial charge in [-0.05, 0) is 12.8 Å². The summed E-state index contributed by atoms with van der Waals surface area (Å²) in [5.41, 5.74) is 0. The van der Waals surface area contributed by atoms with E-state index < -0.39 is 11.9 Å². The predicted octanol–water partition coefficient (Wildman–Crippen LogP) is 2.16. The van der Waals surface area contributed by atoms with Crippen LogP contribution in [0.5, 0.6) is 0 Å². The van der Waals surface area contributed by atoms with Crippen molar-refractivity contribution in [1.29, 1.82) is 0 Å². The van der Waals surface area contributed by atoms with Crippen LogP contribution in [0.2, 0.25) is 0 Å². The minimum absolute atomic E-state index is 0.0176. The third kappa shape index (κ3) is 5.02. The van der Waals surface area contributed by atoms with Gasteiger partial charge in [-0.25, -0.2) is 0 Å². The topological polar surface area (TPSA) is 57.6 Å². The highest BCUT2D eigenvalue weighted by molar-refractivity contribution is 5.79. The van der Waals surface area contributed by atoms with Crippen molar-refractivity contribution in [1.82, 2.24) is 4.90 Å². The average molecular weight is 241 g/mol. The quantitative estimate of drug-likeness (QED) is 0.662. The van der Waals surface area contributed by atoms with Crippen molar-refractivity contribution in [2.24, 2.45) is 11.8 Å². The van der Waals surface area contributed by atoms with E-state index in [0.29, 0.717) is 6.54 Å². The van der Waals surface area contributed by atoms with Crippen molar-refractivity contribution >= 4 is 11.9 Å². The van der Waals surface area contributed by atoms with E-state index in [-0.39, 0.29) is 18.4 Å². The Morgan fingerprint density at radius 2 is 1.88 bits per heavy atom. The van der Waals surface area contributed by atoms with Gasteiger partial charge in [-0.15, -0.1) is 6.58 Å². The van der Waals surface area contributed by atoms with E-state index in [1.165, 1.54) is 0 Å². The van der Waals surface area contributed by atoms with Gasteiger partial charge in [0, 0.05) is 19.0 Å². The molecule has 1 unspecified atom stereocenters. The van der Waals surface area contributed by atoms with Gasteiger partial charge in [0.25, 0.3) is 0 Å². The van der Waals surface area contributed by atoms with E-state index in [2.05, 4.69) is 6.58 Å². The van der Waals surface area contributed by atoms with E-state index >= 15 is 0 Å². The van der Waals surface area contributed by atoms with E-state index in [0.717, 1.165) is 12.8 Å². The zero-order chi connectivity index (χ0) is 13.4. The van der Waals surface area contributed by atoms with Gasteiger partial charge >= 0.3 is 5.97 Å². The summed E-state index contributed by atoms with van der Waals surface area (Å²) in [5, 5.41) is 8.87. The molecule has 0 fully saturated rings. The standard InChI is InChI=1S/C13H23NO3/c1-5-8-14(9-10(4)13(16)17)12(15)11(6-2)7-3/h5,10-11H,1,6-9H2,2-4H3,(H,16,17). The fourth-order valence-corrected chi connectivity index (χ4v) is 1.72. The molecule has 0 aromatic carbocycles. The van der Waals surface area contributed by atoms with Crippen molar-refractivity contribution in [3.8, 4) is 0 Å². The Kier molecular flexibility index (Phi) is 7.26. The fraction of sp³-hybridized carbons (Fsp3) is 0.692. The molecule has 0 spiro atoms. The molecule has 17 heavy (non-hydrogen) atoms. The summed E-state index contributed by atoms with van der Waals surface area (Å²) < 4.78 is 0. The molecular formula is C13H23NO3. The Morgan fingerprint density at radius 1 is 1.35 bits per heavy atom. The minimum atomic E-state index is -0.878. The van der Waals surface area contributed by atoms with Crippen LogP contribution in [0, 0.1) is 11.8 Å². The number of rotatable bonds is 8. The first-order valence-corrected chi connectivity index (χ1v) is 6.10. The lowest BCUT2D eigenvalue weighted by Crippen LogP contribution is -2.40. The number of amides is 1. The summed E-state index contributed by atoms with van der Waals surface area (Å²) in [4.78, 5) is 24.5. The lowest BCUT2D eigenvalue weighted by Gasteiger charge is -2.26. The van der Waals surface area contributed by atoms with Crippen molar-refractivity contribution in [3.63, 3.8) is 0 Å². The minimum Gasteiger partial charge on any atom is -0.481 e. The van der Waals surface area contributed by atoms with Crippen molar-refractivity contribution in [2.45, 2.75) is 33.6 Å². The number of nitrogens with zero attached hydrogens (tertiary/aromatic N) is 1. The van der Waals surface area contributed by atoms with Crippen LogP contribution in [0.1, 0.15) is 33.6 Å². The highest BCUT2D eigenvalue weighted by Crippen LogP contribution is 2.13. The second kappa shape index (κ2) is 7.87. The van der Waals surface area contributed by atoms with E-state index in [4.69, 9.17) is 5.11 Å². The van der Waals surface area contributed by atoms with Crippen LogP contribution in [0.4, 0.5) is 0 Å². The fourth-order valence-electron chi connectivity index (χ4n) is 1.72. The normalized spacial score (nSPS) is 12.2. The van der Waals surface area contributed by atoms with Crippen LogP contribution in [-0.2, 0) is 9.59 Å². The summed E-state index contributed by atoms with van der Waals surface area (Å²) in [6.07, 6.45) is 3.20. The molecule has 1 N–H and O–H groups in total.